The molecule has 35 heavy (non-hydrogen) atoms. The van der Waals surface area contributed by atoms with Crippen LogP contribution in [0.4, 0.5) is 17.5 Å². The lowest BCUT2D eigenvalue weighted by molar-refractivity contribution is 0.0930. The van der Waals surface area contributed by atoms with E-state index in [-0.39, 0.29) is 12.5 Å². The van der Waals surface area contributed by atoms with Crippen molar-refractivity contribution in [3.63, 3.8) is 0 Å². The molecule has 3 heterocycles. The van der Waals surface area contributed by atoms with E-state index in [0.717, 1.165) is 22.3 Å². The van der Waals surface area contributed by atoms with Crippen molar-refractivity contribution >= 4 is 30.0 Å². The van der Waals surface area contributed by atoms with Crippen LogP contribution in [0.3, 0.4) is 0 Å². The Morgan fingerprint density at radius 3 is 2.71 bits per heavy atom. The lowest BCUT2D eigenvalue weighted by Crippen LogP contribution is -2.31. The minimum Gasteiger partial charge on any atom is -0.423 e. The molecule has 0 bridgehead atoms. The van der Waals surface area contributed by atoms with E-state index in [1.165, 1.54) is 6.39 Å². The number of hydrogen-bond acceptors (Lipinski definition) is 10. The molecule has 0 saturated heterocycles. The van der Waals surface area contributed by atoms with Gasteiger partial charge in [0.15, 0.2) is 0 Å². The summed E-state index contributed by atoms with van der Waals surface area (Å²) in [5.41, 5.74) is 3.76. The van der Waals surface area contributed by atoms with Crippen molar-refractivity contribution in [2.24, 2.45) is 0 Å². The van der Waals surface area contributed by atoms with E-state index < -0.39 is 18.8 Å². The maximum absolute atomic E-state index is 10.1. The molecule has 178 valence electrons. The Kier molecular flexibility index (Phi) is 6.20. The standard InChI is InChI=1S/C24H25BN6O4/c1-24(2)18-11-16(9-10-19(18)25(33-3)35-24)28-23-26-12-17(22-31-27-14-34-22)21(30-23)29-20(13-32)15-7-5-4-6-8-15/h4-12,14,20,32H,13H2,1-3H3,(H2,26,28,29,30)/t20-/m1/s1. The fraction of sp³-hybridized carbons (Fsp3) is 0.250. The lowest BCUT2D eigenvalue weighted by atomic mass is 9.77. The number of aliphatic hydroxyl groups is 1. The number of benzene rings is 2. The Hall–Kier alpha value is -3.80. The summed E-state index contributed by atoms with van der Waals surface area (Å²) >= 11 is 0. The molecule has 10 nitrogen and oxygen atoms in total. The number of nitrogens with zero attached hydrogens (tertiary/aromatic N) is 4. The molecule has 11 heteroatoms. The predicted molar refractivity (Wildman–Crippen MR) is 131 cm³/mol. The van der Waals surface area contributed by atoms with Gasteiger partial charge in [-0.2, -0.15) is 4.98 Å². The predicted octanol–water partition coefficient (Wildman–Crippen LogP) is 3.02. The first-order chi connectivity index (χ1) is 17.0. The number of aliphatic hydroxyl groups excluding tert-OH is 1. The smallest absolute Gasteiger partial charge is 0.423 e. The van der Waals surface area contributed by atoms with E-state index in [9.17, 15) is 5.11 Å². The molecule has 0 amide bonds. The Morgan fingerprint density at radius 1 is 1.17 bits per heavy atom. The summed E-state index contributed by atoms with van der Waals surface area (Å²) in [6.07, 6.45) is 2.85. The molecular weight excluding hydrogens is 447 g/mol. The lowest BCUT2D eigenvalue weighted by Gasteiger charge is -2.21. The number of fused-ring (bicyclic) bond motifs is 1. The summed E-state index contributed by atoms with van der Waals surface area (Å²) in [4.78, 5) is 9.12. The number of nitrogens with one attached hydrogen (secondary N) is 2. The summed E-state index contributed by atoms with van der Waals surface area (Å²) in [6.45, 7) is 3.87. The largest absolute Gasteiger partial charge is 0.494 e. The maximum Gasteiger partial charge on any atom is 0.494 e. The van der Waals surface area contributed by atoms with Crippen LogP contribution in [0.5, 0.6) is 0 Å². The zero-order chi connectivity index (χ0) is 24.4. The van der Waals surface area contributed by atoms with Gasteiger partial charge in [-0.1, -0.05) is 36.4 Å². The molecule has 0 aliphatic carbocycles. The quantitative estimate of drug-likeness (QED) is 0.329. The van der Waals surface area contributed by atoms with Crippen molar-refractivity contribution in [3.05, 3.63) is 72.2 Å². The van der Waals surface area contributed by atoms with E-state index in [0.29, 0.717) is 17.3 Å². The maximum atomic E-state index is 10.1. The molecule has 4 aromatic rings. The van der Waals surface area contributed by atoms with Gasteiger partial charge in [0.25, 0.3) is 5.89 Å². The average molecular weight is 472 g/mol. The Labute approximate surface area is 202 Å². The summed E-state index contributed by atoms with van der Waals surface area (Å²) in [5.74, 6) is 1.07. The van der Waals surface area contributed by atoms with Gasteiger partial charge < -0.3 is 29.5 Å². The van der Waals surface area contributed by atoms with Crippen LogP contribution < -0.4 is 16.1 Å². The Morgan fingerprint density at radius 2 is 2.00 bits per heavy atom. The second-order valence-corrected chi connectivity index (χ2v) is 8.61. The van der Waals surface area contributed by atoms with Crippen LogP contribution in [-0.4, -0.2) is 46.1 Å². The molecule has 1 atom stereocenters. The molecule has 3 N–H and O–H groups in total. The van der Waals surface area contributed by atoms with Crippen LogP contribution in [0.25, 0.3) is 11.5 Å². The van der Waals surface area contributed by atoms with Crippen LogP contribution in [0.15, 0.2) is 65.5 Å². The van der Waals surface area contributed by atoms with Crippen molar-refractivity contribution in [2.45, 2.75) is 25.5 Å². The van der Waals surface area contributed by atoms with E-state index >= 15 is 0 Å². The van der Waals surface area contributed by atoms with Crippen molar-refractivity contribution < 1.29 is 18.8 Å². The van der Waals surface area contributed by atoms with Crippen molar-refractivity contribution in [3.8, 4) is 11.5 Å². The zero-order valence-electron chi connectivity index (χ0n) is 19.6. The van der Waals surface area contributed by atoms with Gasteiger partial charge in [0.2, 0.25) is 12.3 Å². The highest BCUT2D eigenvalue weighted by Crippen LogP contribution is 2.33. The third-order valence-corrected chi connectivity index (χ3v) is 5.90. The van der Waals surface area contributed by atoms with Gasteiger partial charge in [0.05, 0.1) is 23.8 Å². The van der Waals surface area contributed by atoms with Crippen LogP contribution in [0.2, 0.25) is 0 Å². The first kappa shape index (κ1) is 23.0. The van der Waals surface area contributed by atoms with Gasteiger partial charge >= 0.3 is 7.12 Å². The van der Waals surface area contributed by atoms with Crippen LogP contribution in [0.1, 0.15) is 31.0 Å². The van der Waals surface area contributed by atoms with E-state index in [1.807, 2.05) is 62.4 Å². The summed E-state index contributed by atoms with van der Waals surface area (Å²) < 4.78 is 16.9. The summed E-state index contributed by atoms with van der Waals surface area (Å²) in [7, 11) is 1.23. The second-order valence-electron chi connectivity index (χ2n) is 8.61. The molecule has 0 fully saturated rings. The highest BCUT2D eigenvalue weighted by atomic mass is 16.6. The fourth-order valence-corrected chi connectivity index (χ4v) is 4.14. The van der Waals surface area contributed by atoms with Gasteiger partial charge in [-0.25, -0.2) is 4.98 Å². The topological polar surface area (TPSA) is 127 Å². The normalized spacial score (nSPS) is 15.0. The molecule has 1 aliphatic heterocycles. The van der Waals surface area contributed by atoms with Crippen LogP contribution in [0, 0.1) is 0 Å². The molecule has 0 unspecified atom stereocenters. The first-order valence-electron chi connectivity index (χ1n) is 11.2. The van der Waals surface area contributed by atoms with Crippen molar-refractivity contribution in [1.29, 1.82) is 0 Å². The van der Waals surface area contributed by atoms with E-state index in [1.54, 1.807) is 13.3 Å². The molecule has 5 rings (SSSR count). The van der Waals surface area contributed by atoms with E-state index in [2.05, 4.69) is 30.8 Å². The minimum absolute atomic E-state index is 0.138. The minimum atomic E-state index is -0.493. The van der Waals surface area contributed by atoms with Crippen molar-refractivity contribution in [1.82, 2.24) is 20.2 Å². The summed E-state index contributed by atoms with van der Waals surface area (Å²) in [5, 5.41) is 24.4. The number of hydrogen-bond donors (Lipinski definition) is 3. The number of rotatable bonds is 8. The Bertz CT molecular complexity index is 1300. The van der Waals surface area contributed by atoms with Crippen LogP contribution in [-0.2, 0) is 14.9 Å². The molecule has 1 aliphatic rings. The highest BCUT2D eigenvalue weighted by molar-refractivity contribution is 6.63. The molecular formula is C24H25BN6O4. The summed E-state index contributed by atoms with van der Waals surface area (Å²) in [6, 6.07) is 15.1. The second kappa shape index (κ2) is 9.45. The Balaban J connectivity index is 1.47. The number of anilines is 3. The average Bonchev–Trinajstić information content (AvgIpc) is 3.49. The first-order valence-corrected chi connectivity index (χ1v) is 11.2. The van der Waals surface area contributed by atoms with Gasteiger partial charge in [-0.3, -0.25) is 0 Å². The zero-order valence-corrected chi connectivity index (χ0v) is 19.6. The molecule has 0 radical (unpaired) electrons. The monoisotopic (exact) mass is 472 g/mol. The van der Waals surface area contributed by atoms with Crippen molar-refractivity contribution in [2.75, 3.05) is 24.4 Å². The molecule has 2 aromatic carbocycles. The van der Waals surface area contributed by atoms with Gasteiger partial charge in [-0.05, 0) is 42.6 Å². The van der Waals surface area contributed by atoms with Gasteiger partial charge in [-0.15, -0.1) is 10.2 Å². The molecule has 0 saturated carbocycles. The molecule has 2 aromatic heterocycles. The SMILES string of the molecule is COB1OC(C)(C)c2cc(Nc3ncc(-c4nnco4)c(N[C@H](CO)c4ccccc4)n3)ccc21. The highest BCUT2D eigenvalue weighted by Gasteiger charge is 2.42. The van der Waals surface area contributed by atoms with Gasteiger partial charge in [0, 0.05) is 19.0 Å². The van der Waals surface area contributed by atoms with E-state index in [4.69, 9.17) is 13.7 Å². The third kappa shape index (κ3) is 4.61. The van der Waals surface area contributed by atoms with Crippen LogP contribution >= 0.6 is 0 Å². The fourth-order valence-electron chi connectivity index (χ4n) is 4.14. The number of aromatic nitrogens is 4. The molecule has 0 spiro atoms. The third-order valence-electron chi connectivity index (χ3n) is 5.90. The van der Waals surface area contributed by atoms with Gasteiger partial charge in [0.1, 0.15) is 5.82 Å².